The lowest BCUT2D eigenvalue weighted by Crippen LogP contribution is -2.30. The van der Waals surface area contributed by atoms with Crippen molar-refractivity contribution in [2.24, 2.45) is 0 Å². The maximum Gasteiger partial charge on any atom is 0.276 e. The van der Waals surface area contributed by atoms with Gasteiger partial charge in [0.05, 0.1) is 11.7 Å². The van der Waals surface area contributed by atoms with Gasteiger partial charge in [-0.05, 0) is 49.9 Å². The summed E-state index contributed by atoms with van der Waals surface area (Å²) in [6.07, 6.45) is 2.05. The summed E-state index contributed by atoms with van der Waals surface area (Å²) in [5.74, 6) is 0.437. The number of benzene rings is 1. The number of nitrogens with one attached hydrogen (secondary N) is 1. The zero-order valence-corrected chi connectivity index (χ0v) is 17.4. The molecule has 1 aromatic carbocycles. The Morgan fingerprint density at radius 3 is 2.48 bits per heavy atom. The van der Waals surface area contributed by atoms with Gasteiger partial charge in [-0.1, -0.05) is 43.3 Å². The minimum Gasteiger partial charge on any atom is -0.336 e. The largest absolute Gasteiger partial charge is 0.336 e. The molecule has 0 aliphatic carbocycles. The van der Waals surface area contributed by atoms with Gasteiger partial charge in [-0.15, -0.1) is 17.5 Å². The number of hydrogen-bond donors (Lipinski definition) is 1. The molecule has 1 saturated heterocycles. The van der Waals surface area contributed by atoms with E-state index in [1.165, 1.54) is 5.56 Å². The molecule has 27 heavy (non-hydrogen) atoms. The van der Waals surface area contributed by atoms with Crippen molar-refractivity contribution >= 4 is 18.3 Å². The number of amides is 1. The van der Waals surface area contributed by atoms with Crippen LogP contribution in [0, 0.1) is 6.92 Å². The van der Waals surface area contributed by atoms with Crippen LogP contribution in [0.2, 0.25) is 0 Å². The van der Waals surface area contributed by atoms with Gasteiger partial charge in [0.25, 0.3) is 5.91 Å². The number of carbonyl (C=O) groups excluding carboxylic acids is 1. The van der Waals surface area contributed by atoms with Gasteiger partial charge in [0, 0.05) is 13.6 Å². The molecule has 0 spiro atoms. The topological polar surface area (TPSA) is 63.1 Å². The van der Waals surface area contributed by atoms with Crippen LogP contribution in [-0.2, 0) is 6.54 Å². The lowest BCUT2D eigenvalue weighted by Gasteiger charge is -2.23. The molecule has 3 rings (SSSR count). The van der Waals surface area contributed by atoms with E-state index in [4.69, 9.17) is 0 Å². The first-order valence-corrected chi connectivity index (χ1v) is 9.44. The van der Waals surface area contributed by atoms with E-state index < -0.39 is 0 Å². The van der Waals surface area contributed by atoms with Crippen LogP contribution in [0.5, 0.6) is 0 Å². The third kappa shape index (κ3) is 4.87. The molecule has 6 nitrogen and oxygen atoms in total. The Morgan fingerprint density at radius 1 is 1.26 bits per heavy atom. The van der Waals surface area contributed by atoms with E-state index in [1.54, 1.807) is 4.90 Å². The fourth-order valence-electron chi connectivity index (χ4n) is 3.47. The summed E-state index contributed by atoms with van der Waals surface area (Å²) in [5, 5.41) is 11.8. The molecule has 0 unspecified atom stereocenters. The third-order valence-electron chi connectivity index (χ3n) is 5.20. The van der Waals surface area contributed by atoms with E-state index in [2.05, 4.69) is 53.7 Å². The van der Waals surface area contributed by atoms with Gasteiger partial charge in [0.15, 0.2) is 5.69 Å². The van der Waals surface area contributed by atoms with Crippen LogP contribution in [0.25, 0.3) is 0 Å². The predicted octanol–water partition coefficient (Wildman–Crippen LogP) is 3.33. The molecule has 0 atom stereocenters. The summed E-state index contributed by atoms with van der Waals surface area (Å²) < 4.78 is 1.93. The minimum atomic E-state index is -0.0735. The molecular weight excluding hydrogens is 362 g/mol. The second kappa shape index (κ2) is 9.33. The maximum atomic E-state index is 12.8. The Morgan fingerprint density at radius 2 is 1.89 bits per heavy atom. The average molecular weight is 392 g/mol. The highest BCUT2D eigenvalue weighted by Gasteiger charge is 2.24. The molecule has 1 amide bonds. The lowest BCUT2D eigenvalue weighted by molar-refractivity contribution is 0.0778. The van der Waals surface area contributed by atoms with Crippen molar-refractivity contribution in [3.05, 3.63) is 46.8 Å². The summed E-state index contributed by atoms with van der Waals surface area (Å²) >= 11 is 0. The van der Waals surface area contributed by atoms with Gasteiger partial charge in [0.2, 0.25) is 0 Å². The van der Waals surface area contributed by atoms with Crippen molar-refractivity contribution in [2.75, 3.05) is 20.1 Å². The number of nitrogens with zero attached hydrogens (tertiary/aromatic N) is 4. The zero-order chi connectivity index (χ0) is 18.7. The lowest BCUT2D eigenvalue weighted by atomic mass is 10.0. The molecule has 7 heteroatoms. The van der Waals surface area contributed by atoms with Gasteiger partial charge >= 0.3 is 0 Å². The van der Waals surface area contributed by atoms with E-state index >= 15 is 0 Å². The monoisotopic (exact) mass is 391 g/mol. The van der Waals surface area contributed by atoms with Crippen LogP contribution < -0.4 is 5.32 Å². The first kappa shape index (κ1) is 21.4. The molecule has 1 N–H and O–H groups in total. The van der Waals surface area contributed by atoms with Crippen LogP contribution in [0.4, 0.5) is 0 Å². The first-order valence-electron chi connectivity index (χ1n) is 9.44. The minimum absolute atomic E-state index is 0. The summed E-state index contributed by atoms with van der Waals surface area (Å²) in [7, 11) is 1.82. The van der Waals surface area contributed by atoms with E-state index in [-0.39, 0.29) is 18.3 Å². The zero-order valence-electron chi connectivity index (χ0n) is 16.6. The third-order valence-corrected chi connectivity index (χ3v) is 5.20. The van der Waals surface area contributed by atoms with Crippen molar-refractivity contribution in [2.45, 2.75) is 52.1 Å². The SMILES string of the molecule is Cc1c(C(=O)N(C)Cc2ccc(C(C)C)cc2)nnn1C1CCNCC1.Cl. The van der Waals surface area contributed by atoms with Crippen molar-refractivity contribution in [3.8, 4) is 0 Å². The number of halogens is 1. The highest BCUT2D eigenvalue weighted by Crippen LogP contribution is 2.21. The van der Waals surface area contributed by atoms with E-state index in [0.717, 1.165) is 37.2 Å². The molecule has 1 fully saturated rings. The van der Waals surface area contributed by atoms with E-state index in [0.29, 0.717) is 24.2 Å². The Balaban J connectivity index is 0.00000261. The number of piperidine rings is 1. The number of hydrogen-bond acceptors (Lipinski definition) is 4. The van der Waals surface area contributed by atoms with Crippen molar-refractivity contribution in [3.63, 3.8) is 0 Å². The molecule has 0 bridgehead atoms. The molecule has 0 radical (unpaired) electrons. The average Bonchev–Trinajstić information content (AvgIpc) is 3.03. The van der Waals surface area contributed by atoms with Gasteiger partial charge in [0.1, 0.15) is 0 Å². The summed E-state index contributed by atoms with van der Waals surface area (Å²) in [5.41, 5.74) is 3.76. The molecule has 1 aliphatic heterocycles. The van der Waals surface area contributed by atoms with Crippen LogP contribution in [0.15, 0.2) is 24.3 Å². The second-order valence-corrected chi connectivity index (χ2v) is 7.51. The van der Waals surface area contributed by atoms with Gasteiger partial charge in [-0.2, -0.15) is 0 Å². The molecular formula is C20H30ClN5O. The van der Waals surface area contributed by atoms with Crippen LogP contribution >= 0.6 is 12.4 Å². The first-order chi connectivity index (χ1) is 12.5. The highest BCUT2D eigenvalue weighted by atomic mass is 35.5. The molecule has 1 aromatic heterocycles. The Hall–Kier alpha value is -1.92. The van der Waals surface area contributed by atoms with Gasteiger partial charge in [-0.3, -0.25) is 4.79 Å². The Kier molecular flexibility index (Phi) is 7.39. The van der Waals surface area contributed by atoms with E-state index in [1.807, 2.05) is 18.7 Å². The Bertz CT molecular complexity index is 750. The van der Waals surface area contributed by atoms with Crippen molar-refractivity contribution < 1.29 is 4.79 Å². The molecule has 0 saturated carbocycles. The Labute approximate surface area is 167 Å². The fourth-order valence-corrected chi connectivity index (χ4v) is 3.47. The number of aromatic nitrogens is 3. The summed E-state index contributed by atoms with van der Waals surface area (Å²) in [6.45, 7) is 8.84. The fraction of sp³-hybridized carbons (Fsp3) is 0.550. The van der Waals surface area contributed by atoms with Gasteiger partial charge in [-0.25, -0.2) is 4.68 Å². The smallest absolute Gasteiger partial charge is 0.276 e. The molecule has 148 valence electrons. The predicted molar refractivity (Wildman–Crippen MR) is 109 cm³/mol. The van der Waals surface area contributed by atoms with Crippen LogP contribution in [0.3, 0.4) is 0 Å². The molecule has 1 aliphatic rings. The summed E-state index contributed by atoms with van der Waals surface area (Å²) in [6, 6.07) is 8.79. The van der Waals surface area contributed by atoms with E-state index in [9.17, 15) is 4.79 Å². The maximum absolute atomic E-state index is 12.8. The quantitative estimate of drug-likeness (QED) is 0.849. The second-order valence-electron chi connectivity index (χ2n) is 7.51. The standard InChI is InChI=1S/C20H29N5O.ClH/c1-14(2)17-7-5-16(6-8-17)13-24(4)20(26)19-15(3)25(23-22-19)18-9-11-21-12-10-18;/h5-8,14,18,21H,9-13H2,1-4H3;1H. The van der Waals surface area contributed by atoms with Crippen molar-refractivity contribution in [1.29, 1.82) is 0 Å². The van der Waals surface area contributed by atoms with Gasteiger partial charge < -0.3 is 10.2 Å². The summed E-state index contributed by atoms with van der Waals surface area (Å²) in [4.78, 5) is 14.6. The number of rotatable bonds is 5. The normalized spacial score (nSPS) is 14.9. The molecule has 2 heterocycles. The molecule has 2 aromatic rings. The van der Waals surface area contributed by atoms with Crippen LogP contribution in [0.1, 0.15) is 66.0 Å². The number of carbonyl (C=O) groups is 1. The van der Waals surface area contributed by atoms with Crippen molar-refractivity contribution in [1.82, 2.24) is 25.2 Å². The van der Waals surface area contributed by atoms with Crippen LogP contribution in [-0.4, -0.2) is 45.9 Å². The highest BCUT2D eigenvalue weighted by molar-refractivity contribution is 5.93.